The minimum absolute atomic E-state index is 0.111. The van der Waals surface area contributed by atoms with Crippen LogP contribution in [-0.4, -0.2) is 35.5 Å². The molecule has 0 bridgehead atoms. The maximum Gasteiger partial charge on any atom is 0.164 e. The zero-order valence-electron chi connectivity index (χ0n) is 7.53. The first-order chi connectivity index (χ1) is 5.46. The summed E-state index contributed by atoms with van der Waals surface area (Å²) in [5.74, 6) is -0.872. The number of carbonyl (C=O) groups excluding carboxylic acids is 1. The molecule has 4 nitrogen and oxygen atoms in total. The topological polar surface area (TPSA) is 55.8 Å². The number of hydrogen-bond donors (Lipinski definition) is 1. The fourth-order valence-corrected chi connectivity index (χ4v) is 1.31. The van der Waals surface area contributed by atoms with E-state index in [4.69, 9.17) is 14.6 Å². The first-order valence-electron chi connectivity index (χ1n) is 3.93. The normalized spacial score (nSPS) is 33.7. The quantitative estimate of drug-likeness (QED) is 0.644. The number of rotatable bonds is 2. The third kappa shape index (κ3) is 1.83. The lowest BCUT2D eigenvalue weighted by molar-refractivity contribution is -0.155. The van der Waals surface area contributed by atoms with Crippen LogP contribution in [0.25, 0.3) is 0 Å². The van der Waals surface area contributed by atoms with Crippen molar-refractivity contribution in [2.45, 2.75) is 38.8 Å². The fraction of sp³-hybridized carbons (Fsp3) is 0.875. The van der Waals surface area contributed by atoms with Gasteiger partial charge in [0.15, 0.2) is 11.6 Å². The molecule has 2 atom stereocenters. The van der Waals surface area contributed by atoms with Crippen LogP contribution in [0, 0.1) is 0 Å². The number of carbonyl (C=O) groups is 1. The minimum Gasteiger partial charge on any atom is -0.394 e. The van der Waals surface area contributed by atoms with E-state index in [1.165, 1.54) is 6.92 Å². The molecule has 0 aliphatic carbocycles. The van der Waals surface area contributed by atoms with Gasteiger partial charge in [0.05, 0.1) is 6.61 Å². The molecule has 0 amide bonds. The summed E-state index contributed by atoms with van der Waals surface area (Å²) in [4.78, 5) is 11.0. The molecule has 1 aliphatic rings. The molecule has 0 aromatic heterocycles. The molecule has 0 aromatic rings. The number of ether oxygens (including phenoxy) is 2. The molecule has 1 aliphatic heterocycles. The van der Waals surface area contributed by atoms with E-state index >= 15 is 0 Å². The Bertz CT molecular complexity index is 187. The Kier molecular flexibility index (Phi) is 2.51. The zero-order valence-corrected chi connectivity index (χ0v) is 7.53. The van der Waals surface area contributed by atoms with Gasteiger partial charge in [0.25, 0.3) is 0 Å². The average molecular weight is 174 g/mol. The standard InChI is InChI=1S/C8H14O4/c1-5(10)7-6(4-9)11-8(2,3)12-7/h6-7,9H,4H2,1-3H3/t6-,7+/m1/s1. The van der Waals surface area contributed by atoms with Crippen LogP contribution in [0.1, 0.15) is 20.8 Å². The van der Waals surface area contributed by atoms with Crippen molar-refractivity contribution in [2.75, 3.05) is 6.61 Å². The summed E-state index contributed by atoms with van der Waals surface area (Å²) >= 11 is 0. The molecule has 12 heavy (non-hydrogen) atoms. The lowest BCUT2D eigenvalue weighted by Gasteiger charge is -2.15. The van der Waals surface area contributed by atoms with Gasteiger partial charge in [-0.25, -0.2) is 0 Å². The van der Waals surface area contributed by atoms with E-state index in [0.717, 1.165) is 0 Å². The van der Waals surface area contributed by atoms with E-state index in [1.54, 1.807) is 13.8 Å². The Morgan fingerprint density at radius 1 is 1.50 bits per heavy atom. The lowest BCUT2D eigenvalue weighted by atomic mass is 10.1. The summed E-state index contributed by atoms with van der Waals surface area (Å²) < 4.78 is 10.6. The molecule has 0 unspecified atom stereocenters. The average Bonchev–Trinajstić information content (AvgIpc) is 2.25. The van der Waals surface area contributed by atoms with Gasteiger partial charge in [-0.15, -0.1) is 0 Å². The molecular formula is C8H14O4. The van der Waals surface area contributed by atoms with Crippen molar-refractivity contribution in [3.05, 3.63) is 0 Å². The smallest absolute Gasteiger partial charge is 0.164 e. The molecule has 1 fully saturated rings. The van der Waals surface area contributed by atoms with Crippen molar-refractivity contribution in [2.24, 2.45) is 0 Å². The van der Waals surface area contributed by atoms with Crippen LogP contribution in [0.5, 0.6) is 0 Å². The first kappa shape index (κ1) is 9.64. The second-order valence-corrected chi connectivity index (χ2v) is 3.39. The maximum atomic E-state index is 11.0. The lowest BCUT2D eigenvalue weighted by Crippen LogP contribution is -2.32. The molecule has 4 heteroatoms. The van der Waals surface area contributed by atoms with Gasteiger partial charge in [0.2, 0.25) is 0 Å². The summed E-state index contributed by atoms with van der Waals surface area (Å²) in [6.07, 6.45) is -1.14. The van der Waals surface area contributed by atoms with E-state index < -0.39 is 18.0 Å². The molecule has 70 valence electrons. The number of aliphatic hydroxyl groups is 1. The van der Waals surface area contributed by atoms with E-state index in [1.807, 2.05) is 0 Å². The van der Waals surface area contributed by atoms with Crippen LogP contribution < -0.4 is 0 Å². The Balaban J connectivity index is 2.69. The maximum absolute atomic E-state index is 11.0. The summed E-state index contributed by atoms with van der Waals surface area (Å²) in [5, 5.41) is 8.86. The van der Waals surface area contributed by atoms with Crippen LogP contribution in [0.2, 0.25) is 0 Å². The van der Waals surface area contributed by atoms with Crippen molar-refractivity contribution in [3.63, 3.8) is 0 Å². The summed E-state index contributed by atoms with van der Waals surface area (Å²) in [6, 6.07) is 0. The molecule has 0 saturated carbocycles. The molecule has 0 radical (unpaired) electrons. The van der Waals surface area contributed by atoms with Gasteiger partial charge in [-0.3, -0.25) is 4.79 Å². The van der Waals surface area contributed by atoms with Gasteiger partial charge < -0.3 is 14.6 Å². The van der Waals surface area contributed by atoms with Gasteiger partial charge in [-0.2, -0.15) is 0 Å². The van der Waals surface area contributed by atoms with Gasteiger partial charge >= 0.3 is 0 Å². The predicted octanol–water partition coefficient (Wildman–Crippen LogP) is 0.0878. The van der Waals surface area contributed by atoms with Crippen LogP contribution in [-0.2, 0) is 14.3 Å². The molecule has 1 saturated heterocycles. The third-order valence-corrected chi connectivity index (χ3v) is 1.76. The first-order valence-corrected chi connectivity index (χ1v) is 3.93. The molecule has 1 rings (SSSR count). The summed E-state index contributed by atoms with van der Waals surface area (Å²) in [7, 11) is 0. The van der Waals surface area contributed by atoms with Crippen molar-refractivity contribution in [1.82, 2.24) is 0 Å². The summed E-state index contributed by atoms with van der Waals surface area (Å²) in [6.45, 7) is 4.68. The number of ketones is 1. The molecule has 0 spiro atoms. The molecular weight excluding hydrogens is 160 g/mol. The van der Waals surface area contributed by atoms with Gasteiger partial charge in [-0.05, 0) is 20.8 Å². The van der Waals surface area contributed by atoms with Crippen molar-refractivity contribution >= 4 is 5.78 Å². The Labute approximate surface area is 71.5 Å². The van der Waals surface area contributed by atoms with Crippen LogP contribution in [0.15, 0.2) is 0 Å². The third-order valence-electron chi connectivity index (χ3n) is 1.76. The van der Waals surface area contributed by atoms with E-state index in [9.17, 15) is 4.79 Å². The molecule has 1 heterocycles. The number of hydrogen-bond acceptors (Lipinski definition) is 4. The number of Topliss-reactive ketones (excluding diaryl/α,β-unsaturated/α-hetero) is 1. The van der Waals surface area contributed by atoms with E-state index in [-0.39, 0.29) is 12.4 Å². The monoisotopic (exact) mass is 174 g/mol. The highest BCUT2D eigenvalue weighted by molar-refractivity contribution is 5.81. The Hall–Kier alpha value is -0.450. The highest BCUT2D eigenvalue weighted by Gasteiger charge is 2.43. The Morgan fingerprint density at radius 3 is 2.42 bits per heavy atom. The van der Waals surface area contributed by atoms with Crippen molar-refractivity contribution < 1.29 is 19.4 Å². The van der Waals surface area contributed by atoms with Gasteiger partial charge in [-0.1, -0.05) is 0 Å². The van der Waals surface area contributed by atoms with Crippen molar-refractivity contribution in [3.8, 4) is 0 Å². The highest BCUT2D eigenvalue weighted by Crippen LogP contribution is 2.28. The summed E-state index contributed by atoms with van der Waals surface area (Å²) in [5.41, 5.74) is 0. The van der Waals surface area contributed by atoms with Crippen LogP contribution >= 0.6 is 0 Å². The van der Waals surface area contributed by atoms with Gasteiger partial charge in [0, 0.05) is 0 Å². The largest absolute Gasteiger partial charge is 0.394 e. The molecule has 0 aromatic carbocycles. The second-order valence-electron chi connectivity index (χ2n) is 3.39. The van der Waals surface area contributed by atoms with Crippen LogP contribution in [0.4, 0.5) is 0 Å². The predicted molar refractivity (Wildman–Crippen MR) is 41.6 cm³/mol. The van der Waals surface area contributed by atoms with Gasteiger partial charge in [0.1, 0.15) is 12.2 Å². The minimum atomic E-state index is -0.760. The van der Waals surface area contributed by atoms with E-state index in [2.05, 4.69) is 0 Å². The SMILES string of the molecule is CC(=O)[C@@H]1OC(C)(C)O[C@@H]1CO. The van der Waals surface area contributed by atoms with E-state index in [0.29, 0.717) is 0 Å². The zero-order chi connectivity index (χ0) is 9.35. The van der Waals surface area contributed by atoms with Crippen LogP contribution in [0.3, 0.4) is 0 Å². The molecule has 1 N–H and O–H groups in total. The highest BCUT2D eigenvalue weighted by atomic mass is 16.8. The fourth-order valence-electron chi connectivity index (χ4n) is 1.31. The Morgan fingerprint density at radius 2 is 2.08 bits per heavy atom. The number of aliphatic hydroxyl groups excluding tert-OH is 1. The second kappa shape index (κ2) is 3.12. The van der Waals surface area contributed by atoms with Crippen molar-refractivity contribution in [1.29, 1.82) is 0 Å².